The van der Waals surface area contributed by atoms with E-state index in [1.54, 1.807) is 0 Å². The van der Waals surface area contributed by atoms with E-state index in [4.69, 9.17) is 9.63 Å². The normalized spacial score (nSPS) is 18.4. The third-order valence-electron chi connectivity index (χ3n) is 3.12. The third-order valence-corrected chi connectivity index (χ3v) is 3.12. The lowest BCUT2D eigenvalue weighted by Crippen LogP contribution is -2.31. The average molecular weight is 239 g/mol. The Hall–Kier alpha value is -1.43. The highest BCUT2D eigenvalue weighted by Gasteiger charge is 2.19. The van der Waals surface area contributed by atoms with Crippen LogP contribution in [0.15, 0.2) is 4.52 Å². The maximum atomic E-state index is 10.5. The van der Waals surface area contributed by atoms with Crippen molar-refractivity contribution in [1.29, 1.82) is 0 Å². The number of aromatic nitrogens is 2. The number of piperidine rings is 1. The van der Waals surface area contributed by atoms with Crippen molar-refractivity contribution in [2.24, 2.45) is 5.92 Å². The number of carboxylic acids is 1. The zero-order valence-corrected chi connectivity index (χ0v) is 9.93. The lowest BCUT2D eigenvalue weighted by atomic mass is 9.94. The largest absolute Gasteiger partial charge is 0.481 e. The standard InChI is InChI=1S/C11H17N3O3/c1-14-4-2-8(3-5-14)6-9-12-10(17-13-9)7-11(15)16/h8H,2-7H2,1H3,(H,15,16). The maximum Gasteiger partial charge on any atom is 0.312 e. The van der Waals surface area contributed by atoms with Gasteiger partial charge in [-0.05, 0) is 38.9 Å². The summed E-state index contributed by atoms with van der Waals surface area (Å²) in [5, 5.41) is 12.4. The van der Waals surface area contributed by atoms with Gasteiger partial charge in [0, 0.05) is 6.42 Å². The predicted octanol–water partition coefficient (Wildman–Crippen LogP) is 0.581. The molecule has 1 saturated heterocycles. The van der Waals surface area contributed by atoms with Crippen LogP contribution in [0.3, 0.4) is 0 Å². The molecule has 1 aromatic heterocycles. The van der Waals surface area contributed by atoms with E-state index in [0.717, 1.165) is 32.4 Å². The van der Waals surface area contributed by atoms with Crippen LogP contribution >= 0.6 is 0 Å². The van der Waals surface area contributed by atoms with Gasteiger partial charge in [0.05, 0.1) is 0 Å². The van der Waals surface area contributed by atoms with Gasteiger partial charge in [-0.25, -0.2) is 0 Å². The first-order valence-electron chi connectivity index (χ1n) is 5.85. The molecule has 1 N–H and O–H groups in total. The minimum atomic E-state index is -0.945. The van der Waals surface area contributed by atoms with Crippen LogP contribution in [0.25, 0.3) is 0 Å². The summed E-state index contributed by atoms with van der Waals surface area (Å²) in [5.74, 6) is 0.470. The molecule has 1 fully saturated rings. The monoisotopic (exact) mass is 239 g/mol. The fourth-order valence-corrected chi connectivity index (χ4v) is 2.10. The molecule has 0 bridgehead atoms. The second-order valence-electron chi connectivity index (χ2n) is 4.63. The Morgan fingerprint density at radius 2 is 2.24 bits per heavy atom. The molecule has 2 rings (SSSR count). The van der Waals surface area contributed by atoms with Gasteiger partial charge in [0.25, 0.3) is 0 Å². The minimum Gasteiger partial charge on any atom is -0.481 e. The molecule has 0 unspecified atom stereocenters. The van der Waals surface area contributed by atoms with Gasteiger partial charge in [-0.2, -0.15) is 4.98 Å². The summed E-state index contributed by atoms with van der Waals surface area (Å²) in [7, 11) is 2.12. The van der Waals surface area contributed by atoms with Gasteiger partial charge in [0.1, 0.15) is 6.42 Å². The predicted molar refractivity (Wildman–Crippen MR) is 59.6 cm³/mol. The first kappa shape index (κ1) is 12.0. The molecule has 0 atom stereocenters. The molecule has 0 aromatic carbocycles. The van der Waals surface area contributed by atoms with Crippen LogP contribution in [0.2, 0.25) is 0 Å². The Kier molecular flexibility index (Phi) is 3.73. The average Bonchev–Trinajstić information content (AvgIpc) is 2.68. The van der Waals surface area contributed by atoms with Gasteiger partial charge >= 0.3 is 5.97 Å². The molecule has 2 heterocycles. The number of carboxylic acid groups (broad SMARTS) is 1. The van der Waals surface area contributed by atoms with Crippen LogP contribution in [-0.4, -0.2) is 46.3 Å². The van der Waals surface area contributed by atoms with Crippen LogP contribution < -0.4 is 0 Å². The van der Waals surface area contributed by atoms with Crippen LogP contribution in [0.1, 0.15) is 24.6 Å². The Bertz CT molecular complexity index is 383. The number of nitrogens with zero attached hydrogens (tertiary/aromatic N) is 3. The van der Waals surface area contributed by atoms with Crippen LogP contribution in [0, 0.1) is 5.92 Å². The molecular weight excluding hydrogens is 222 g/mol. The van der Waals surface area contributed by atoms with E-state index in [1.807, 2.05) is 0 Å². The van der Waals surface area contributed by atoms with Gasteiger partial charge in [-0.3, -0.25) is 4.79 Å². The Labute approximate surface area is 99.6 Å². The van der Waals surface area contributed by atoms with Crippen molar-refractivity contribution in [3.05, 3.63) is 11.7 Å². The van der Waals surface area contributed by atoms with E-state index < -0.39 is 5.97 Å². The van der Waals surface area contributed by atoms with Crippen LogP contribution in [0.4, 0.5) is 0 Å². The Balaban J connectivity index is 1.86. The number of hydrogen-bond acceptors (Lipinski definition) is 5. The van der Waals surface area contributed by atoms with E-state index in [9.17, 15) is 4.79 Å². The lowest BCUT2D eigenvalue weighted by molar-refractivity contribution is -0.136. The molecule has 0 amide bonds. The van der Waals surface area contributed by atoms with Gasteiger partial charge in [0.15, 0.2) is 5.82 Å². The van der Waals surface area contributed by atoms with Crippen molar-refractivity contribution in [2.75, 3.05) is 20.1 Å². The van der Waals surface area contributed by atoms with Crippen LogP contribution in [-0.2, 0) is 17.6 Å². The van der Waals surface area contributed by atoms with Crippen molar-refractivity contribution in [3.63, 3.8) is 0 Å². The molecule has 0 spiro atoms. The summed E-state index contributed by atoms with van der Waals surface area (Å²) < 4.78 is 4.89. The third kappa shape index (κ3) is 3.52. The topological polar surface area (TPSA) is 79.5 Å². The number of hydrogen-bond donors (Lipinski definition) is 1. The van der Waals surface area contributed by atoms with Crippen molar-refractivity contribution in [1.82, 2.24) is 15.0 Å². The molecule has 0 saturated carbocycles. The molecule has 94 valence electrons. The first-order valence-corrected chi connectivity index (χ1v) is 5.85. The van der Waals surface area contributed by atoms with E-state index in [-0.39, 0.29) is 12.3 Å². The number of likely N-dealkylation sites (tertiary alicyclic amines) is 1. The molecule has 17 heavy (non-hydrogen) atoms. The summed E-state index contributed by atoms with van der Waals surface area (Å²) in [6, 6.07) is 0. The molecule has 1 aliphatic heterocycles. The van der Waals surface area contributed by atoms with E-state index in [1.165, 1.54) is 0 Å². The fourth-order valence-electron chi connectivity index (χ4n) is 2.10. The summed E-state index contributed by atoms with van der Waals surface area (Å²) >= 11 is 0. The second kappa shape index (κ2) is 5.27. The van der Waals surface area contributed by atoms with Crippen molar-refractivity contribution in [3.8, 4) is 0 Å². The maximum absolute atomic E-state index is 10.5. The number of aliphatic carboxylic acids is 1. The van der Waals surface area contributed by atoms with Crippen molar-refractivity contribution in [2.45, 2.75) is 25.7 Å². The van der Waals surface area contributed by atoms with Gasteiger partial charge in [-0.1, -0.05) is 5.16 Å². The molecule has 6 nitrogen and oxygen atoms in total. The van der Waals surface area contributed by atoms with E-state index >= 15 is 0 Å². The zero-order valence-electron chi connectivity index (χ0n) is 9.93. The summed E-state index contributed by atoms with van der Waals surface area (Å²) in [5.41, 5.74) is 0. The highest BCUT2D eigenvalue weighted by Crippen LogP contribution is 2.19. The molecule has 6 heteroatoms. The second-order valence-corrected chi connectivity index (χ2v) is 4.63. The zero-order chi connectivity index (χ0) is 12.3. The van der Waals surface area contributed by atoms with Crippen molar-refractivity contribution >= 4 is 5.97 Å². The summed E-state index contributed by atoms with van der Waals surface area (Å²) in [6.07, 6.45) is 2.87. The van der Waals surface area contributed by atoms with Gasteiger partial charge in [-0.15, -0.1) is 0 Å². The van der Waals surface area contributed by atoms with Gasteiger partial charge < -0.3 is 14.5 Å². The number of rotatable bonds is 4. The minimum absolute atomic E-state index is 0.194. The molecule has 0 aliphatic carbocycles. The quantitative estimate of drug-likeness (QED) is 0.828. The summed E-state index contributed by atoms with van der Waals surface area (Å²) in [6.45, 7) is 2.20. The Morgan fingerprint density at radius 3 is 2.88 bits per heavy atom. The smallest absolute Gasteiger partial charge is 0.312 e. The first-order chi connectivity index (χ1) is 8.13. The highest BCUT2D eigenvalue weighted by atomic mass is 16.5. The Morgan fingerprint density at radius 1 is 1.53 bits per heavy atom. The van der Waals surface area contributed by atoms with E-state index in [0.29, 0.717) is 11.7 Å². The van der Waals surface area contributed by atoms with Gasteiger partial charge in [0.2, 0.25) is 5.89 Å². The SMILES string of the molecule is CN1CCC(Cc2noc(CC(=O)O)n2)CC1. The van der Waals surface area contributed by atoms with Crippen molar-refractivity contribution < 1.29 is 14.4 Å². The summed E-state index contributed by atoms with van der Waals surface area (Å²) in [4.78, 5) is 16.9. The molecule has 0 radical (unpaired) electrons. The molecule has 1 aliphatic rings. The highest BCUT2D eigenvalue weighted by molar-refractivity contribution is 5.68. The number of carbonyl (C=O) groups is 1. The molecular formula is C11H17N3O3. The fraction of sp³-hybridized carbons (Fsp3) is 0.727. The van der Waals surface area contributed by atoms with E-state index in [2.05, 4.69) is 22.1 Å². The van der Waals surface area contributed by atoms with Crippen LogP contribution in [0.5, 0.6) is 0 Å². The lowest BCUT2D eigenvalue weighted by Gasteiger charge is -2.27. The molecule has 1 aromatic rings.